The molecule has 0 aliphatic carbocycles. The van der Waals surface area contributed by atoms with E-state index in [1.54, 1.807) is 0 Å². The van der Waals surface area contributed by atoms with Crippen molar-refractivity contribution in [2.45, 2.75) is 31.8 Å². The van der Waals surface area contributed by atoms with Gasteiger partial charge in [-0.25, -0.2) is 4.79 Å². The second-order valence-corrected chi connectivity index (χ2v) is 8.25. The Bertz CT molecular complexity index is 971. The van der Waals surface area contributed by atoms with E-state index in [0.29, 0.717) is 11.1 Å². The molecule has 1 fully saturated rings. The van der Waals surface area contributed by atoms with E-state index >= 15 is 0 Å². The first-order chi connectivity index (χ1) is 12.5. The number of piperidine rings is 1. The topological polar surface area (TPSA) is 41.0 Å². The lowest BCUT2D eigenvalue weighted by Crippen LogP contribution is -2.38. The summed E-state index contributed by atoms with van der Waals surface area (Å²) in [5.41, 5.74) is 2.90. The minimum Gasteiger partial charge on any atom is -0.304 e. The van der Waals surface area contributed by atoms with Crippen LogP contribution in [0, 0.1) is 0 Å². The monoisotopic (exact) mass is 433 g/mol. The van der Waals surface area contributed by atoms with E-state index in [9.17, 15) is 4.79 Å². The number of fused-ring (bicyclic) bond motifs is 1. The number of nitrogens with zero attached hydrogens (tertiary/aromatic N) is 2. The zero-order valence-corrected chi connectivity index (χ0v) is 16.9. The first kappa shape index (κ1) is 17.8. The second-order valence-electron chi connectivity index (χ2n) is 6.93. The molecule has 2 heterocycles. The third-order valence-corrected chi connectivity index (χ3v) is 6.31. The Morgan fingerprint density at radius 3 is 2.54 bits per heavy atom. The van der Waals surface area contributed by atoms with Crippen molar-refractivity contribution in [1.29, 1.82) is 0 Å². The quantitative estimate of drug-likeness (QED) is 0.620. The van der Waals surface area contributed by atoms with Crippen molar-refractivity contribution in [3.63, 3.8) is 0 Å². The Balaban J connectivity index is 1.52. The van der Waals surface area contributed by atoms with E-state index in [-0.39, 0.29) is 11.7 Å². The molecular formula is C20H21BrClN3O. The van der Waals surface area contributed by atoms with Crippen LogP contribution in [0.3, 0.4) is 0 Å². The van der Waals surface area contributed by atoms with Crippen LogP contribution < -0.4 is 5.69 Å². The highest BCUT2D eigenvalue weighted by atomic mass is 79.9. The molecule has 4 rings (SSSR count). The average molecular weight is 435 g/mol. The SMILES string of the molecule is CC(c1ccc(Br)cc1)N1CCC(n2c(=O)[nH]c3c(Cl)cccc32)CC1. The highest BCUT2D eigenvalue weighted by molar-refractivity contribution is 9.10. The number of aromatic amines is 1. The fourth-order valence-corrected chi connectivity index (χ4v) is 4.44. The summed E-state index contributed by atoms with van der Waals surface area (Å²) in [4.78, 5) is 17.9. The Kier molecular flexibility index (Phi) is 4.95. The maximum absolute atomic E-state index is 12.5. The summed E-state index contributed by atoms with van der Waals surface area (Å²) >= 11 is 9.72. The molecule has 1 unspecified atom stereocenters. The standard InChI is InChI=1S/C20H21BrClN3O/c1-13(14-5-7-15(21)8-6-14)24-11-9-16(10-12-24)25-18-4-2-3-17(22)19(18)23-20(25)26/h2-8,13,16H,9-12H2,1H3,(H,23,26). The van der Waals surface area contributed by atoms with Crippen molar-refractivity contribution in [2.75, 3.05) is 13.1 Å². The lowest BCUT2D eigenvalue weighted by molar-refractivity contribution is 0.144. The summed E-state index contributed by atoms with van der Waals surface area (Å²) in [7, 11) is 0. The Morgan fingerprint density at radius 1 is 1.15 bits per heavy atom. The molecule has 26 heavy (non-hydrogen) atoms. The van der Waals surface area contributed by atoms with Gasteiger partial charge in [-0.15, -0.1) is 0 Å². The molecule has 136 valence electrons. The lowest BCUT2D eigenvalue weighted by Gasteiger charge is -2.36. The normalized spacial score (nSPS) is 17.7. The molecule has 2 aromatic carbocycles. The maximum Gasteiger partial charge on any atom is 0.326 e. The molecule has 1 N–H and O–H groups in total. The minimum atomic E-state index is -0.0625. The molecule has 1 saturated heterocycles. The van der Waals surface area contributed by atoms with Gasteiger partial charge in [-0.1, -0.05) is 45.7 Å². The smallest absolute Gasteiger partial charge is 0.304 e. The van der Waals surface area contributed by atoms with Gasteiger partial charge in [-0.2, -0.15) is 0 Å². The van der Waals surface area contributed by atoms with Crippen LogP contribution in [-0.4, -0.2) is 27.5 Å². The number of hydrogen-bond donors (Lipinski definition) is 1. The zero-order valence-electron chi connectivity index (χ0n) is 14.6. The van der Waals surface area contributed by atoms with Gasteiger partial charge in [-0.3, -0.25) is 9.47 Å². The van der Waals surface area contributed by atoms with E-state index in [1.165, 1.54) is 5.56 Å². The molecule has 1 aliphatic heterocycles. The average Bonchev–Trinajstić information content (AvgIpc) is 2.99. The van der Waals surface area contributed by atoms with Crippen molar-refractivity contribution in [3.05, 3.63) is 68.0 Å². The van der Waals surface area contributed by atoms with E-state index in [4.69, 9.17) is 11.6 Å². The Hall–Kier alpha value is -1.56. The third kappa shape index (κ3) is 3.24. The molecule has 1 aliphatic rings. The number of benzene rings is 2. The van der Waals surface area contributed by atoms with Crippen molar-refractivity contribution >= 4 is 38.6 Å². The Morgan fingerprint density at radius 2 is 1.85 bits per heavy atom. The molecule has 1 atom stereocenters. The van der Waals surface area contributed by atoms with Crippen LogP contribution in [0.25, 0.3) is 11.0 Å². The number of nitrogens with one attached hydrogen (secondary N) is 1. The van der Waals surface area contributed by atoms with Crippen LogP contribution in [-0.2, 0) is 0 Å². The predicted molar refractivity (Wildman–Crippen MR) is 110 cm³/mol. The maximum atomic E-state index is 12.5. The van der Waals surface area contributed by atoms with Gasteiger partial charge < -0.3 is 4.98 Å². The van der Waals surface area contributed by atoms with Gasteiger partial charge in [0.25, 0.3) is 0 Å². The summed E-state index contributed by atoms with van der Waals surface area (Å²) in [6.45, 7) is 4.20. The zero-order chi connectivity index (χ0) is 18.3. The van der Waals surface area contributed by atoms with Gasteiger partial charge in [0.2, 0.25) is 0 Å². The van der Waals surface area contributed by atoms with E-state index in [1.807, 2.05) is 22.8 Å². The van der Waals surface area contributed by atoms with Gasteiger partial charge in [-0.05, 0) is 49.6 Å². The van der Waals surface area contributed by atoms with E-state index in [2.05, 4.69) is 57.0 Å². The van der Waals surface area contributed by atoms with Gasteiger partial charge >= 0.3 is 5.69 Å². The second kappa shape index (κ2) is 7.22. The molecule has 0 amide bonds. The number of likely N-dealkylation sites (tertiary alicyclic amines) is 1. The number of rotatable bonds is 3. The fourth-order valence-electron chi connectivity index (χ4n) is 3.96. The fraction of sp³-hybridized carbons (Fsp3) is 0.350. The number of H-pyrrole nitrogens is 1. The number of halogens is 2. The Labute approximate surface area is 165 Å². The molecule has 0 radical (unpaired) electrons. The first-order valence-corrected chi connectivity index (χ1v) is 10.1. The largest absolute Gasteiger partial charge is 0.326 e. The van der Waals surface area contributed by atoms with Gasteiger partial charge in [0.05, 0.1) is 16.1 Å². The predicted octanol–water partition coefficient (Wildman–Crippen LogP) is 5.14. The molecular weight excluding hydrogens is 414 g/mol. The van der Waals surface area contributed by atoms with Gasteiger partial charge in [0.15, 0.2) is 0 Å². The van der Waals surface area contributed by atoms with Crippen molar-refractivity contribution in [2.24, 2.45) is 0 Å². The summed E-state index contributed by atoms with van der Waals surface area (Å²) < 4.78 is 2.99. The summed E-state index contributed by atoms with van der Waals surface area (Å²) in [5.74, 6) is 0. The van der Waals surface area contributed by atoms with Crippen molar-refractivity contribution in [1.82, 2.24) is 14.5 Å². The summed E-state index contributed by atoms with van der Waals surface area (Å²) in [5, 5.41) is 0.597. The van der Waals surface area contributed by atoms with Crippen molar-refractivity contribution in [3.8, 4) is 0 Å². The van der Waals surface area contributed by atoms with Crippen LogP contribution >= 0.6 is 27.5 Å². The van der Waals surface area contributed by atoms with Crippen LogP contribution in [0.1, 0.15) is 37.4 Å². The third-order valence-electron chi connectivity index (χ3n) is 5.47. The van der Waals surface area contributed by atoms with Crippen LogP contribution in [0.2, 0.25) is 5.02 Å². The molecule has 3 aromatic rings. The highest BCUT2D eigenvalue weighted by Crippen LogP contribution is 2.31. The summed E-state index contributed by atoms with van der Waals surface area (Å²) in [6, 6.07) is 14.8. The summed E-state index contributed by atoms with van der Waals surface area (Å²) in [6.07, 6.45) is 1.92. The van der Waals surface area contributed by atoms with Gasteiger partial charge in [0, 0.05) is 29.6 Å². The van der Waals surface area contributed by atoms with Crippen LogP contribution in [0.15, 0.2) is 51.7 Å². The van der Waals surface area contributed by atoms with E-state index in [0.717, 1.165) is 41.4 Å². The van der Waals surface area contributed by atoms with Crippen LogP contribution in [0.4, 0.5) is 0 Å². The van der Waals surface area contributed by atoms with E-state index < -0.39 is 0 Å². The number of imidazole rings is 1. The molecule has 4 nitrogen and oxygen atoms in total. The van der Waals surface area contributed by atoms with Crippen molar-refractivity contribution < 1.29 is 0 Å². The number of aromatic nitrogens is 2. The van der Waals surface area contributed by atoms with Crippen LogP contribution in [0.5, 0.6) is 0 Å². The number of hydrogen-bond acceptors (Lipinski definition) is 2. The molecule has 1 aromatic heterocycles. The lowest BCUT2D eigenvalue weighted by atomic mass is 10.00. The molecule has 0 bridgehead atoms. The number of para-hydroxylation sites is 1. The first-order valence-electron chi connectivity index (χ1n) is 8.93. The highest BCUT2D eigenvalue weighted by Gasteiger charge is 2.26. The molecule has 0 saturated carbocycles. The molecule has 0 spiro atoms. The van der Waals surface area contributed by atoms with Gasteiger partial charge in [0.1, 0.15) is 0 Å². The molecule has 6 heteroatoms. The minimum absolute atomic E-state index is 0.0625.